The van der Waals surface area contributed by atoms with Crippen molar-refractivity contribution in [3.8, 4) is 0 Å². The third-order valence-electron chi connectivity index (χ3n) is 10.4. The zero-order chi connectivity index (χ0) is 42.6. The number of alkyl halides is 10. The monoisotopic (exact) mass is 850 g/mol. The molecular formula is C35H56F10O8Si2. The predicted molar refractivity (Wildman–Crippen MR) is 184 cm³/mol. The molecule has 0 aromatic heterocycles. The van der Waals surface area contributed by atoms with Gasteiger partial charge >= 0.3 is 47.7 Å². The molecule has 20 heteroatoms. The van der Waals surface area contributed by atoms with Gasteiger partial charge in [0.25, 0.3) is 0 Å². The normalized spacial score (nSPS) is 38.6. The van der Waals surface area contributed by atoms with Gasteiger partial charge in [-0.05, 0) is 69.1 Å². The van der Waals surface area contributed by atoms with E-state index in [0.29, 0.717) is 31.6 Å². The van der Waals surface area contributed by atoms with Gasteiger partial charge in [-0.3, -0.25) is 9.59 Å². The van der Waals surface area contributed by atoms with E-state index in [1.165, 1.54) is 0 Å². The van der Waals surface area contributed by atoms with Crippen LogP contribution in [0.15, 0.2) is 0 Å². The van der Waals surface area contributed by atoms with Crippen molar-refractivity contribution in [3.05, 3.63) is 0 Å². The molecule has 0 spiro atoms. The fourth-order valence-corrected chi connectivity index (χ4v) is 7.72. The molecule has 0 radical (unpaired) electrons. The van der Waals surface area contributed by atoms with Crippen LogP contribution in [-0.2, 0) is 28.5 Å². The Kier molecular flexibility index (Phi) is 13.9. The first kappa shape index (κ1) is 47.9. The summed E-state index contributed by atoms with van der Waals surface area (Å²) in [6.07, 6.45) is -7.64. The van der Waals surface area contributed by atoms with Crippen LogP contribution in [0.4, 0.5) is 43.9 Å². The van der Waals surface area contributed by atoms with Crippen molar-refractivity contribution >= 4 is 28.1 Å². The summed E-state index contributed by atoms with van der Waals surface area (Å²) in [7, 11) is -1.22. The van der Waals surface area contributed by atoms with Crippen LogP contribution in [0, 0.1) is 35.5 Å². The average molecular weight is 851 g/mol. The van der Waals surface area contributed by atoms with Crippen molar-refractivity contribution in [1.82, 2.24) is 0 Å². The minimum atomic E-state index is -5.72. The number of esters is 2. The van der Waals surface area contributed by atoms with E-state index in [2.05, 4.69) is 66.6 Å². The maximum Gasteiger partial charge on any atom is 0.449 e. The Morgan fingerprint density at radius 3 is 1.36 bits per heavy atom. The first-order valence-corrected chi connectivity index (χ1v) is 26.5. The number of fused-ring (bicyclic) bond motifs is 4. The Bertz CT molecular complexity index is 1350. The van der Waals surface area contributed by atoms with Gasteiger partial charge in [0.1, 0.15) is 0 Å². The zero-order valence-electron chi connectivity index (χ0n) is 32.7. The smallest absolute Gasteiger partial charge is 0.449 e. The number of carbonyl (C=O) groups is 2. The third kappa shape index (κ3) is 10.4. The lowest BCUT2D eigenvalue weighted by Crippen LogP contribution is -2.63. The summed E-state index contributed by atoms with van der Waals surface area (Å²) in [6, 6.07) is 0. The number of carbonyl (C=O) groups excluding carboxylic acids is 2. The molecule has 322 valence electrons. The number of halogens is 10. The standard InChI is InChI=1S/C14H17F5O4.C13H15F5O4.2C4H12Si/c1-11(6-22-13(21,12(11,15)16)14(17,18)19)23-10(20)9-5-7-2-3-8(9)4-7;14-11(15)9(5-21-12(11,20)13(16,17)18)22-10(19)8-4-6-1-2-7(8)3-6;2*1-5(2,3)4/h7-9,21H,2-6H2,1H3;6-9,20H,1-5H2;2*1-4H3. The molecule has 4 saturated carbocycles. The molecule has 10 atom stereocenters. The second-order valence-corrected chi connectivity index (χ2v) is 31.2. The van der Waals surface area contributed by atoms with Crippen molar-refractivity contribution in [2.45, 2.75) is 158 Å². The second kappa shape index (κ2) is 15.9. The highest BCUT2D eigenvalue weighted by Gasteiger charge is 2.83. The Labute approximate surface area is 317 Å². The lowest BCUT2D eigenvalue weighted by molar-refractivity contribution is -0.409. The van der Waals surface area contributed by atoms with Crippen molar-refractivity contribution in [2.24, 2.45) is 35.5 Å². The Hall–Kier alpha value is -1.49. The maximum atomic E-state index is 14.2. The summed E-state index contributed by atoms with van der Waals surface area (Å²) in [4.78, 5) is 24.1. The van der Waals surface area contributed by atoms with E-state index in [1.807, 2.05) is 0 Å². The average Bonchev–Trinajstić information content (AvgIpc) is 3.84. The van der Waals surface area contributed by atoms with E-state index in [4.69, 9.17) is 9.84 Å². The van der Waals surface area contributed by atoms with Crippen molar-refractivity contribution < 1.29 is 82.7 Å². The summed E-state index contributed by atoms with van der Waals surface area (Å²) in [5, 5.41) is 18.4. The molecule has 55 heavy (non-hydrogen) atoms. The largest absolute Gasteiger partial charge is 0.453 e. The second-order valence-electron chi connectivity index (χ2n) is 19.2. The molecule has 4 aliphatic carbocycles. The first-order valence-electron chi connectivity index (χ1n) is 18.5. The molecule has 8 nitrogen and oxygen atoms in total. The van der Waals surface area contributed by atoms with Gasteiger partial charge in [0.05, 0.1) is 25.0 Å². The Morgan fingerprint density at radius 2 is 1.05 bits per heavy atom. The van der Waals surface area contributed by atoms with Crippen LogP contribution in [0.5, 0.6) is 0 Å². The number of rotatable bonds is 4. The third-order valence-corrected chi connectivity index (χ3v) is 10.4. The van der Waals surface area contributed by atoms with Gasteiger partial charge in [0.2, 0.25) is 5.60 Å². The molecule has 0 amide bonds. The molecular weight excluding hydrogens is 795 g/mol. The predicted octanol–water partition coefficient (Wildman–Crippen LogP) is 8.80. The Morgan fingerprint density at radius 1 is 0.655 bits per heavy atom. The van der Waals surface area contributed by atoms with Crippen LogP contribution in [0.3, 0.4) is 0 Å². The molecule has 2 N–H and O–H groups in total. The SMILES string of the molecule is CC1(OC(=O)C2CC3CCC2C3)COC(O)(C(F)(F)F)C1(F)F.C[Si](C)(C)C.C[Si](C)(C)C.O=C(OC1COC(O)(C(F)(F)F)C1(F)F)C1CC2CCC1C2. The van der Waals surface area contributed by atoms with Gasteiger partial charge in [-0.15, -0.1) is 0 Å². The highest BCUT2D eigenvalue weighted by Crippen LogP contribution is 2.56. The molecule has 10 unspecified atom stereocenters. The van der Waals surface area contributed by atoms with E-state index in [1.54, 1.807) is 0 Å². The van der Waals surface area contributed by atoms with Crippen LogP contribution >= 0.6 is 0 Å². The summed E-state index contributed by atoms with van der Waals surface area (Å²) < 4.78 is 149. The molecule has 2 heterocycles. The van der Waals surface area contributed by atoms with Crippen molar-refractivity contribution in [3.63, 3.8) is 0 Å². The van der Waals surface area contributed by atoms with Gasteiger partial charge in [0, 0.05) is 16.1 Å². The van der Waals surface area contributed by atoms with Crippen LogP contribution in [0.2, 0.25) is 52.4 Å². The molecule has 2 aliphatic heterocycles. The summed E-state index contributed by atoms with van der Waals surface area (Å²) in [5.74, 6) is -21.0. The van der Waals surface area contributed by atoms with E-state index in [-0.39, 0.29) is 11.8 Å². The molecule has 6 rings (SSSR count). The van der Waals surface area contributed by atoms with E-state index < -0.39 is 101 Å². The molecule has 2 saturated heterocycles. The highest BCUT2D eigenvalue weighted by atomic mass is 28.3. The van der Waals surface area contributed by atoms with E-state index in [0.717, 1.165) is 38.5 Å². The fourth-order valence-electron chi connectivity index (χ4n) is 7.72. The van der Waals surface area contributed by atoms with Crippen molar-refractivity contribution in [2.75, 3.05) is 13.2 Å². The molecule has 0 aromatic carbocycles. The minimum absolute atomic E-state index is 0.0357. The lowest BCUT2D eigenvalue weighted by atomic mass is 9.88. The topological polar surface area (TPSA) is 112 Å². The Balaban J connectivity index is 0.000000238. The molecule has 6 aliphatic rings. The number of aliphatic hydroxyl groups is 2. The van der Waals surface area contributed by atoms with Gasteiger partial charge in [-0.2, -0.15) is 43.9 Å². The maximum absolute atomic E-state index is 14.2. The van der Waals surface area contributed by atoms with Gasteiger partial charge in [-0.25, -0.2) is 0 Å². The number of hydrogen-bond donors (Lipinski definition) is 2. The quantitative estimate of drug-likeness (QED) is 0.164. The molecule has 0 aromatic rings. The lowest BCUT2D eigenvalue weighted by Gasteiger charge is -2.36. The number of hydrogen-bond acceptors (Lipinski definition) is 8. The van der Waals surface area contributed by atoms with Crippen LogP contribution in [0.25, 0.3) is 0 Å². The zero-order valence-corrected chi connectivity index (χ0v) is 34.7. The van der Waals surface area contributed by atoms with Crippen LogP contribution < -0.4 is 0 Å². The summed E-state index contributed by atoms with van der Waals surface area (Å²) in [6.45, 7) is 16.8. The minimum Gasteiger partial charge on any atom is -0.453 e. The summed E-state index contributed by atoms with van der Waals surface area (Å²) >= 11 is 0. The number of ether oxygens (including phenoxy) is 4. The van der Waals surface area contributed by atoms with Crippen molar-refractivity contribution in [1.29, 1.82) is 0 Å². The van der Waals surface area contributed by atoms with Gasteiger partial charge < -0.3 is 29.2 Å². The van der Waals surface area contributed by atoms with E-state index in [9.17, 15) is 58.6 Å². The van der Waals surface area contributed by atoms with Gasteiger partial charge in [-0.1, -0.05) is 65.2 Å². The fraction of sp³-hybridized carbons (Fsp3) is 0.943. The summed E-state index contributed by atoms with van der Waals surface area (Å²) in [5.41, 5.74) is -2.86. The first-order chi connectivity index (χ1) is 24.5. The molecule has 4 bridgehead atoms. The van der Waals surface area contributed by atoms with Crippen LogP contribution in [-0.4, -0.2) is 99.0 Å². The molecule has 6 fully saturated rings. The van der Waals surface area contributed by atoms with Crippen LogP contribution in [0.1, 0.15) is 58.3 Å². The van der Waals surface area contributed by atoms with Gasteiger partial charge in [0.15, 0.2) is 6.10 Å². The van der Waals surface area contributed by atoms with E-state index >= 15 is 0 Å². The highest BCUT2D eigenvalue weighted by molar-refractivity contribution is 6.75.